The molecule has 5 aliphatic rings. The topological polar surface area (TPSA) is 65.7 Å². The van der Waals surface area contributed by atoms with E-state index in [0.717, 1.165) is 66.3 Å². The van der Waals surface area contributed by atoms with Crippen LogP contribution in [0.3, 0.4) is 0 Å². The molecule has 5 heteroatoms. The minimum atomic E-state index is -0.258. The number of aliphatic hydroxyl groups excluding tert-OH is 1. The third-order valence-corrected chi connectivity index (χ3v) is 12.5. The molecule has 0 bridgehead atoms. The lowest BCUT2D eigenvalue weighted by Crippen LogP contribution is -2.60. The molecule has 5 nitrogen and oxygen atoms in total. The normalized spacial score (nSPS) is 42.7. The number of nitrogens with one attached hydrogen (secondary N) is 1. The van der Waals surface area contributed by atoms with Gasteiger partial charge in [0.2, 0.25) is 0 Å². The predicted molar refractivity (Wildman–Crippen MR) is 148 cm³/mol. The van der Waals surface area contributed by atoms with Gasteiger partial charge in [-0.05, 0) is 116 Å². The number of aliphatic hydroxyl groups is 1. The summed E-state index contributed by atoms with van der Waals surface area (Å²) in [4.78, 5) is 15.7. The Hall–Kier alpha value is -1.85. The smallest absolute Gasteiger partial charge is 0.341 e. The lowest BCUT2D eigenvalue weighted by molar-refractivity contribution is -0.132. The van der Waals surface area contributed by atoms with Gasteiger partial charge in [-0.3, -0.25) is 0 Å². The van der Waals surface area contributed by atoms with Crippen molar-refractivity contribution in [3.8, 4) is 0 Å². The van der Waals surface area contributed by atoms with Crippen molar-refractivity contribution in [3.05, 3.63) is 39.7 Å². The molecule has 1 aliphatic heterocycles. The van der Waals surface area contributed by atoms with E-state index in [-0.39, 0.29) is 22.7 Å². The molecule has 2 aromatic rings. The molecule has 2 heterocycles. The Morgan fingerprint density at radius 2 is 1.81 bits per heavy atom. The Bertz CT molecular complexity index is 1300. The number of nitrogens with zero attached hydrogens (tertiary/aromatic N) is 1. The molecule has 200 valence electrons. The molecule has 8 atom stereocenters. The summed E-state index contributed by atoms with van der Waals surface area (Å²) in [5, 5.41) is 15.8. The Morgan fingerprint density at radius 1 is 1.00 bits per heavy atom. The van der Waals surface area contributed by atoms with E-state index in [0.29, 0.717) is 17.3 Å². The highest BCUT2D eigenvalue weighted by Gasteiger charge is 2.62. The highest BCUT2D eigenvalue weighted by atomic mass is 16.4. The van der Waals surface area contributed by atoms with Crippen molar-refractivity contribution in [1.29, 1.82) is 0 Å². The molecule has 0 amide bonds. The first-order chi connectivity index (χ1) is 17.7. The summed E-state index contributed by atoms with van der Waals surface area (Å²) in [7, 11) is 4.04. The van der Waals surface area contributed by atoms with Crippen LogP contribution >= 0.6 is 0 Å². The SMILES string of the molecule is CN(C)c1ccc2c3c(c(=O)oc2c1)[C@]1(CC[C@@]2(C)[C@@H](CC[C@@H]4[C@@H]2CC[C@]2(C)[C@@H](O)CC[C@@H]42)C1)NCC3. The number of benzene rings is 1. The second-order valence-corrected chi connectivity index (χ2v) is 14.1. The van der Waals surface area contributed by atoms with Crippen LogP contribution in [0.25, 0.3) is 11.0 Å². The molecule has 0 radical (unpaired) electrons. The van der Waals surface area contributed by atoms with E-state index in [4.69, 9.17) is 4.42 Å². The molecule has 1 aromatic heterocycles. The first kappa shape index (κ1) is 24.2. The fraction of sp³-hybridized carbons (Fsp3) is 0.719. The molecule has 4 aliphatic carbocycles. The number of anilines is 1. The van der Waals surface area contributed by atoms with Gasteiger partial charge >= 0.3 is 5.63 Å². The van der Waals surface area contributed by atoms with E-state index in [1.807, 2.05) is 20.2 Å². The highest BCUT2D eigenvalue weighted by molar-refractivity contribution is 5.85. The van der Waals surface area contributed by atoms with Crippen LogP contribution < -0.4 is 15.8 Å². The van der Waals surface area contributed by atoms with Crippen LogP contribution in [0.2, 0.25) is 0 Å². The molecule has 0 unspecified atom stereocenters. The van der Waals surface area contributed by atoms with Crippen LogP contribution in [0.15, 0.2) is 27.4 Å². The van der Waals surface area contributed by atoms with Crippen molar-refractivity contribution in [1.82, 2.24) is 5.32 Å². The van der Waals surface area contributed by atoms with Crippen LogP contribution in [0.1, 0.15) is 82.8 Å². The Morgan fingerprint density at radius 3 is 2.62 bits per heavy atom. The molecular formula is C32H44N2O3. The molecule has 1 spiro atoms. The van der Waals surface area contributed by atoms with Crippen molar-refractivity contribution in [2.75, 3.05) is 25.5 Å². The lowest BCUT2D eigenvalue weighted by Gasteiger charge is -2.62. The van der Waals surface area contributed by atoms with Gasteiger partial charge in [0.25, 0.3) is 0 Å². The molecule has 0 saturated heterocycles. The Labute approximate surface area is 221 Å². The van der Waals surface area contributed by atoms with Gasteiger partial charge in [-0.1, -0.05) is 13.8 Å². The van der Waals surface area contributed by atoms with E-state index in [1.54, 1.807) is 0 Å². The maximum atomic E-state index is 13.6. The summed E-state index contributed by atoms with van der Waals surface area (Å²) in [6, 6.07) is 6.33. The monoisotopic (exact) mass is 504 g/mol. The van der Waals surface area contributed by atoms with Crippen molar-refractivity contribution in [2.24, 2.45) is 34.5 Å². The van der Waals surface area contributed by atoms with Crippen molar-refractivity contribution in [3.63, 3.8) is 0 Å². The van der Waals surface area contributed by atoms with Gasteiger partial charge in [0.15, 0.2) is 0 Å². The highest BCUT2D eigenvalue weighted by Crippen LogP contribution is 2.67. The van der Waals surface area contributed by atoms with Crippen LogP contribution in [-0.4, -0.2) is 31.9 Å². The summed E-state index contributed by atoms with van der Waals surface area (Å²) in [5.74, 6) is 2.84. The van der Waals surface area contributed by atoms with Gasteiger partial charge in [0.1, 0.15) is 5.58 Å². The standard InChI is InChI=1S/C32H44N2O3/c1-30-14-15-32(18-19(30)5-7-23-24-9-10-27(35)31(24,2)13-11-25(23)30)28-22(12-16-33-32)21-8-6-20(34(3)4)17-26(21)37-29(28)36/h6,8,17,19,23-25,27,33,35H,5,7,9-16,18H2,1-4H3/t19-,23-,24-,25-,27-,30-,31-,32+/m0/s1. The molecule has 1 aromatic carbocycles. The molecule has 37 heavy (non-hydrogen) atoms. The average molecular weight is 505 g/mol. The van der Waals surface area contributed by atoms with Gasteiger partial charge in [0.05, 0.1) is 17.2 Å². The number of hydrogen-bond donors (Lipinski definition) is 2. The minimum absolute atomic E-state index is 0.107. The Balaban J connectivity index is 1.24. The van der Waals surface area contributed by atoms with Crippen LogP contribution in [0.5, 0.6) is 0 Å². The van der Waals surface area contributed by atoms with Crippen LogP contribution in [0.4, 0.5) is 5.69 Å². The fourth-order valence-corrected chi connectivity index (χ4v) is 10.4. The quantitative estimate of drug-likeness (QED) is 0.495. The average Bonchev–Trinajstić information content (AvgIpc) is 3.18. The first-order valence-electron chi connectivity index (χ1n) is 14.9. The van der Waals surface area contributed by atoms with Gasteiger partial charge in [-0.15, -0.1) is 0 Å². The third-order valence-electron chi connectivity index (χ3n) is 12.5. The van der Waals surface area contributed by atoms with E-state index in [9.17, 15) is 9.90 Å². The summed E-state index contributed by atoms with van der Waals surface area (Å²) >= 11 is 0. The predicted octanol–water partition coefficient (Wildman–Crippen LogP) is 5.60. The minimum Gasteiger partial charge on any atom is -0.422 e. The molecule has 2 N–H and O–H groups in total. The molecule has 4 saturated carbocycles. The van der Waals surface area contributed by atoms with E-state index in [1.165, 1.54) is 44.1 Å². The van der Waals surface area contributed by atoms with E-state index in [2.05, 4.69) is 36.2 Å². The molecule has 7 rings (SSSR count). The van der Waals surface area contributed by atoms with Crippen molar-refractivity contribution in [2.45, 2.75) is 89.7 Å². The molecule has 4 fully saturated rings. The number of rotatable bonds is 1. The summed E-state index contributed by atoms with van der Waals surface area (Å²) in [5.41, 5.74) is 4.02. The number of hydrogen-bond acceptors (Lipinski definition) is 5. The first-order valence-corrected chi connectivity index (χ1v) is 14.9. The number of fused-ring (bicyclic) bond motifs is 9. The van der Waals surface area contributed by atoms with Crippen molar-refractivity contribution >= 4 is 16.7 Å². The second-order valence-electron chi connectivity index (χ2n) is 14.1. The zero-order valence-electron chi connectivity index (χ0n) is 23.1. The largest absolute Gasteiger partial charge is 0.422 e. The maximum Gasteiger partial charge on any atom is 0.341 e. The molecular weight excluding hydrogens is 460 g/mol. The van der Waals surface area contributed by atoms with Gasteiger partial charge in [-0.2, -0.15) is 0 Å². The second kappa shape index (κ2) is 8.08. The zero-order chi connectivity index (χ0) is 25.7. The summed E-state index contributed by atoms with van der Waals surface area (Å²) < 4.78 is 6.05. The summed E-state index contributed by atoms with van der Waals surface area (Å²) in [6.45, 7) is 5.89. The van der Waals surface area contributed by atoms with E-state index >= 15 is 0 Å². The van der Waals surface area contributed by atoms with Crippen molar-refractivity contribution < 1.29 is 9.52 Å². The fourth-order valence-electron chi connectivity index (χ4n) is 10.4. The zero-order valence-corrected chi connectivity index (χ0v) is 23.1. The Kier molecular flexibility index (Phi) is 5.29. The van der Waals surface area contributed by atoms with Gasteiger partial charge in [-0.25, -0.2) is 4.79 Å². The van der Waals surface area contributed by atoms with E-state index < -0.39 is 0 Å². The third kappa shape index (κ3) is 3.25. The summed E-state index contributed by atoms with van der Waals surface area (Å²) in [6.07, 6.45) is 11.2. The van der Waals surface area contributed by atoms with Crippen LogP contribution in [0, 0.1) is 34.5 Å². The van der Waals surface area contributed by atoms with Gasteiger partial charge in [0, 0.05) is 37.8 Å². The van der Waals surface area contributed by atoms with Gasteiger partial charge < -0.3 is 19.7 Å². The van der Waals surface area contributed by atoms with Crippen LogP contribution in [-0.2, 0) is 12.0 Å². The maximum absolute atomic E-state index is 13.6. The lowest BCUT2D eigenvalue weighted by atomic mass is 9.43.